The molecule has 1 atom stereocenters. The summed E-state index contributed by atoms with van der Waals surface area (Å²) in [6.07, 6.45) is 0. The Kier molecular flexibility index (Phi) is 3.54. The van der Waals surface area contributed by atoms with Crippen LogP contribution in [0.2, 0.25) is 0 Å². The fraction of sp³-hybridized carbons (Fsp3) is 0.636. The van der Waals surface area contributed by atoms with Gasteiger partial charge in [0.2, 0.25) is 0 Å². The molecule has 16 heavy (non-hydrogen) atoms. The highest BCUT2D eigenvalue weighted by molar-refractivity contribution is 7.09. The molecule has 1 saturated heterocycles. The van der Waals surface area contributed by atoms with Gasteiger partial charge in [-0.15, -0.1) is 11.3 Å². The number of aryl methyl sites for hydroxylation is 1. The lowest BCUT2D eigenvalue weighted by Crippen LogP contribution is -2.45. The van der Waals surface area contributed by atoms with E-state index in [9.17, 15) is 5.26 Å². The Hall–Kier alpha value is -0.960. The average Bonchev–Trinajstić information content (AvgIpc) is 2.69. The van der Waals surface area contributed by atoms with Gasteiger partial charge in [-0.25, -0.2) is 4.98 Å². The largest absolute Gasteiger partial charge is 0.304 e. The van der Waals surface area contributed by atoms with Gasteiger partial charge >= 0.3 is 0 Å². The van der Waals surface area contributed by atoms with Gasteiger partial charge in [0.05, 0.1) is 6.07 Å². The van der Waals surface area contributed by atoms with Crippen LogP contribution in [0.4, 0.5) is 0 Å². The zero-order valence-electron chi connectivity index (χ0n) is 9.68. The predicted octanol–water partition coefficient (Wildman–Crippen LogP) is 1.26. The summed E-state index contributed by atoms with van der Waals surface area (Å²) in [4.78, 5) is 8.93. The molecule has 0 bridgehead atoms. The minimum Gasteiger partial charge on any atom is -0.304 e. The summed E-state index contributed by atoms with van der Waals surface area (Å²) in [6.45, 7) is 5.93. The molecule has 2 rings (SSSR count). The van der Waals surface area contributed by atoms with Crippen LogP contribution in [0.5, 0.6) is 0 Å². The summed E-state index contributed by atoms with van der Waals surface area (Å²) < 4.78 is 0. The number of nitrogens with zero attached hydrogens (tertiary/aromatic N) is 4. The highest BCUT2D eigenvalue weighted by atomic mass is 32.1. The van der Waals surface area contributed by atoms with Crippen molar-refractivity contribution >= 4 is 11.3 Å². The maximum absolute atomic E-state index is 9.27. The first kappa shape index (κ1) is 11.5. The smallest absolute Gasteiger partial charge is 0.150 e. The maximum atomic E-state index is 9.27. The van der Waals surface area contributed by atoms with Gasteiger partial charge in [0, 0.05) is 37.3 Å². The first-order chi connectivity index (χ1) is 7.70. The van der Waals surface area contributed by atoms with Gasteiger partial charge in [0.1, 0.15) is 5.01 Å². The van der Waals surface area contributed by atoms with Crippen molar-refractivity contribution in [2.75, 3.05) is 33.2 Å². The Bertz CT molecular complexity index is 387. The number of nitriles is 1. The van der Waals surface area contributed by atoms with E-state index >= 15 is 0 Å². The molecule has 1 aromatic rings. The average molecular weight is 236 g/mol. The molecule has 0 aliphatic carbocycles. The SMILES string of the molecule is Cc1csc(C(C#N)N2CCN(C)CC2)n1. The Labute approximate surface area is 100 Å². The molecule has 5 heteroatoms. The molecule has 0 aromatic carbocycles. The van der Waals surface area contributed by atoms with Crippen molar-refractivity contribution in [3.05, 3.63) is 16.1 Å². The van der Waals surface area contributed by atoms with Crippen LogP contribution in [0, 0.1) is 18.3 Å². The first-order valence-electron chi connectivity index (χ1n) is 5.45. The van der Waals surface area contributed by atoms with E-state index in [-0.39, 0.29) is 6.04 Å². The molecule has 1 unspecified atom stereocenters. The van der Waals surface area contributed by atoms with Crippen LogP contribution in [-0.2, 0) is 0 Å². The zero-order chi connectivity index (χ0) is 11.5. The Morgan fingerprint density at radius 2 is 2.12 bits per heavy atom. The van der Waals surface area contributed by atoms with Gasteiger partial charge < -0.3 is 4.90 Å². The van der Waals surface area contributed by atoms with E-state index in [0.717, 1.165) is 36.9 Å². The fourth-order valence-corrected chi connectivity index (χ4v) is 2.74. The minimum absolute atomic E-state index is 0.160. The molecule has 4 nitrogen and oxygen atoms in total. The topological polar surface area (TPSA) is 43.2 Å². The van der Waals surface area contributed by atoms with Crippen LogP contribution in [0.3, 0.4) is 0 Å². The molecule has 0 saturated carbocycles. The molecule has 1 aliphatic heterocycles. The molecular weight excluding hydrogens is 220 g/mol. The van der Waals surface area contributed by atoms with Crippen LogP contribution in [0.25, 0.3) is 0 Å². The molecule has 1 fully saturated rings. The molecule has 2 heterocycles. The second-order valence-electron chi connectivity index (χ2n) is 4.20. The lowest BCUT2D eigenvalue weighted by Gasteiger charge is -2.34. The van der Waals surface area contributed by atoms with Gasteiger partial charge in [0.25, 0.3) is 0 Å². The number of hydrogen-bond acceptors (Lipinski definition) is 5. The van der Waals surface area contributed by atoms with Gasteiger partial charge in [0.15, 0.2) is 6.04 Å². The second kappa shape index (κ2) is 4.91. The molecule has 86 valence electrons. The van der Waals surface area contributed by atoms with E-state index in [1.807, 2.05) is 12.3 Å². The van der Waals surface area contributed by atoms with E-state index in [1.54, 1.807) is 11.3 Å². The second-order valence-corrected chi connectivity index (χ2v) is 5.09. The number of hydrogen-bond donors (Lipinski definition) is 0. The minimum atomic E-state index is -0.160. The molecule has 0 amide bonds. The van der Waals surface area contributed by atoms with Crippen molar-refractivity contribution in [1.82, 2.24) is 14.8 Å². The molecular formula is C11H16N4S. The molecule has 1 aromatic heterocycles. The molecule has 0 N–H and O–H groups in total. The molecule has 0 radical (unpaired) electrons. The lowest BCUT2D eigenvalue weighted by molar-refractivity contribution is 0.132. The van der Waals surface area contributed by atoms with Crippen LogP contribution in [0.1, 0.15) is 16.7 Å². The quantitative estimate of drug-likeness (QED) is 0.775. The van der Waals surface area contributed by atoms with Crippen molar-refractivity contribution in [1.29, 1.82) is 5.26 Å². The van der Waals surface area contributed by atoms with Crippen molar-refractivity contribution in [2.24, 2.45) is 0 Å². The third kappa shape index (κ3) is 2.40. The van der Waals surface area contributed by atoms with E-state index in [4.69, 9.17) is 0 Å². The number of piperazine rings is 1. The fourth-order valence-electron chi connectivity index (χ4n) is 1.87. The number of likely N-dealkylation sites (N-methyl/N-ethyl adjacent to an activating group) is 1. The standard InChI is InChI=1S/C11H16N4S/c1-9-8-16-11(13-9)10(7-12)15-5-3-14(2)4-6-15/h8,10H,3-6H2,1-2H3. The summed E-state index contributed by atoms with van der Waals surface area (Å²) in [5, 5.41) is 12.2. The van der Waals surface area contributed by atoms with E-state index in [0.29, 0.717) is 0 Å². The molecule has 0 spiro atoms. The highest BCUT2D eigenvalue weighted by Crippen LogP contribution is 2.24. The van der Waals surface area contributed by atoms with Crippen molar-refractivity contribution in [2.45, 2.75) is 13.0 Å². The van der Waals surface area contributed by atoms with Crippen molar-refractivity contribution < 1.29 is 0 Å². The monoisotopic (exact) mass is 236 g/mol. The van der Waals surface area contributed by atoms with Crippen LogP contribution < -0.4 is 0 Å². The summed E-state index contributed by atoms with van der Waals surface area (Å²) in [6, 6.07) is 2.21. The molecule has 1 aliphatic rings. The highest BCUT2D eigenvalue weighted by Gasteiger charge is 2.25. The summed E-state index contributed by atoms with van der Waals surface area (Å²) in [5.41, 5.74) is 1.01. The van der Waals surface area contributed by atoms with Crippen LogP contribution in [0.15, 0.2) is 5.38 Å². The van der Waals surface area contributed by atoms with Crippen LogP contribution >= 0.6 is 11.3 Å². The Balaban J connectivity index is 2.09. The zero-order valence-corrected chi connectivity index (χ0v) is 10.5. The van der Waals surface area contributed by atoms with Gasteiger partial charge in [-0.3, -0.25) is 4.90 Å². The number of aromatic nitrogens is 1. The van der Waals surface area contributed by atoms with Gasteiger partial charge in [-0.05, 0) is 14.0 Å². The number of rotatable bonds is 2. The predicted molar refractivity (Wildman–Crippen MR) is 64.3 cm³/mol. The van der Waals surface area contributed by atoms with Gasteiger partial charge in [-0.1, -0.05) is 0 Å². The Morgan fingerprint density at radius 1 is 1.44 bits per heavy atom. The third-order valence-electron chi connectivity index (χ3n) is 2.90. The van der Waals surface area contributed by atoms with Crippen LogP contribution in [-0.4, -0.2) is 48.0 Å². The van der Waals surface area contributed by atoms with E-state index in [1.165, 1.54) is 0 Å². The van der Waals surface area contributed by atoms with Crippen molar-refractivity contribution in [3.63, 3.8) is 0 Å². The maximum Gasteiger partial charge on any atom is 0.150 e. The third-order valence-corrected chi connectivity index (χ3v) is 3.91. The summed E-state index contributed by atoms with van der Waals surface area (Å²) in [7, 11) is 2.12. The first-order valence-corrected chi connectivity index (χ1v) is 6.33. The summed E-state index contributed by atoms with van der Waals surface area (Å²) in [5.74, 6) is 0. The lowest BCUT2D eigenvalue weighted by atomic mass is 10.2. The van der Waals surface area contributed by atoms with Crippen molar-refractivity contribution in [3.8, 4) is 6.07 Å². The van der Waals surface area contributed by atoms with E-state index < -0.39 is 0 Å². The normalized spacial score (nSPS) is 20.6. The van der Waals surface area contributed by atoms with E-state index in [2.05, 4.69) is 27.9 Å². The Morgan fingerprint density at radius 3 is 2.62 bits per heavy atom. The van der Waals surface area contributed by atoms with Gasteiger partial charge in [-0.2, -0.15) is 5.26 Å². The summed E-state index contributed by atoms with van der Waals surface area (Å²) >= 11 is 1.59. The number of thiazole rings is 1.